The van der Waals surface area contributed by atoms with Gasteiger partial charge in [0.25, 0.3) is 0 Å². The molecular weight excluding hydrogens is 250 g/mol. The van der Waals surface area contributed by atoms with E-state index < -0.39 is 0 Å². The van der Waals surface area contributed by atoms with Crippen molar-refractivity contribution in [3.63, 3.8) is 0 Å². The number of aromatic nitrogens is 1. The maximum Gasteiger partial charge on any atom is 0.134 e. The molecule has 3 N–H and O–H groups in total. The smallest absolute Gasteiger partial charge is 0.134 e. The molecule has 2 unspecified atom stereocenters. The maximum absolute atomic E-state index is 6.07. The van der Waals surface area contributed by atoms with Crippen molar-refractivity contribution in [2.45, 2.75) is 32.4 Å². The summed E-state index contributed by atoms with van der Waals surface area (Å²) in [5.74, 6) is 1.79. The van der Waals surface area contributed by atoms with Gasteiger partial charge in [-0.25, -0.2) is 4.98 Å². The standard InChI is InChI=1S/C16H21N3O/c1-16(2)13(17)9-14(16)19-15-12-5-4-11(20-3)8-10(12)6-7-18-15/h4-8,13-14H,9,17H2,1-3H3,(H,18,19). The second kappa shape index (κ2) is 4.63. The third kappa shape index (κ3) is 2.00. The molecule has 2 aromatic rings. The van der Waals surface area contributed by atoms with Gasteiger partial charge in [-0.2, -0.15) is 0 Å². The topological polar surface area (TPSA) is 60.2 Å². The summed E-state index contributed by atoms with van der Waals surface area (Å²) in [6, 6.07) is 8.68. The molecule has 1 aliphatic rings. The molecule has 106 valence electrons. The molecule has 0 amide bonds. The van der Waals surface area contributed by atoms with Crippen LogP contribution < -0.4 is 15.8 Å². The molecule has 1 fully saturated rings. The van der Waals surface area contributed by atoms with Crippen LogP contribution in [0, 0.1) is 5.41 Å². The molecule has 20 heavy (non-hydrogen) atoms. The van der Waals surface area contributed by atoms with Crippen LogP contribution in [0.3, 0.4) is 0 Å². The number of fused-ring (bicyclic) bond motifs is 1. The number of anilines is 1. The Kier molecular flexibility index (Phi) is 3.05. The van der Waals surface area contributed by atoms with Crippen LogP contribution in [0.5, 0.6) is 5.75 Å². The quantitative estimate of drug-likeness (QED) is 0.901. The van der Waals surface area contributed by atoms with Crippen LogP contribution in [0.4, 0.5) is 5.82 Å². The van der Waals surface area contributed by atoms with Crippen molar-refractivity contribution >= 4 is 16.6 Å². The van der Waals surface area contributed by atoms with Crippen molar-refractivity contribution in [2.75, 3.05) is 12.4 Å². The van der Waals surface area contributed by atoms with Gasteiger partial charge in [-0.3, -0.25) is 0 Å². The van der Waals surface area contributed by atoms with Crippen molar-refractivity contribution < 1.29 is 4.74 Å². The van der Waals surface area contributed by atoms with Gasteiger partial charge < -0.3 is 15.8 Å². The molecular formula is C16H21N3O. The van der Waals surface area contributed by atoms with Gasteiger partial charge in [-0.1, -0.05) is 13.8 Å². The lowest BCUT2D eigenvalue weighted by Crippen LogP contribution is -2.61. The third-order valence-corrected chi connectivity index (χ3v) is 4.63. The van der Waals surface area contributed by atoms with E-state index in [1.165, 1.54) is 0 Å². The number of methoxy groups -OCH3 is 1. The summed E-state index contributed by atoms with van der Waals surface area (Å²) >= 11 is 0. The highest BCUT2D eigenvalue weighted by molar-refractivity contribution is 5.92. The van der Waals surface area contributed by atoms with E-state index in [0.717, 1.165) is 28.8 Å². The molecule has 1 aliphatic carbocycles. The van der Waals surface area contributed by atoms with Gasteiger partial charge in [0.05, 0.1) is 7.11 Å². The van der Waals surface area contributed by atoms with Crippen LogP contribution in [-0.2, 0) is 0 Å². The van der Waals surface area contributed by atoms with E-state index in [1.807, 2.05) is 24.4 Å². The number of hydrogen-bond acceptors (Lipinski definition) is 4. The lowest BCUT2D eigenvalue weighted by molar-refractivity contribution is 0.117. The van der Waals surface area contributed by atoms with E-state index in [4.69, 9.17) is 10.5 Å². The number of benzene rings is 1. The van der Waals surface area contributed by atoms with Crippen LogP contribution >= 0.6 is 0 Å². The Hall–Kier alpha value is -1.81. The van der Waals surface area contributed by atoms with Gasteiger partial charge in [0.15, 0.2) is 0 Å². The number of nitrogens with one attached hydrogen (secondary N) is 1. The first-order valence-corrected chi connectivity index (χ1v) is 6.97. The molecule has 0 radical (unpaired) electrons. The molecule has 0 bridgehead atoms. The summed E-state index contributed by atoms with van der Waals surface area (Å²) < 4.78 is 5.27. The molecule has 1 aromatic heterocycles. The highest BCUT2D eigenvalue weighted by Crippen LogP contribution is 2.41. The second-order valence-electron chi connectivity index (χ2n) is 6.11. The summed E-state index contributed by atoms with van der Waals surface area (Å²) in [4.78, 5) is 4.48. The molecule has 4 nitrogen and oxygen atoms in total. The Morgan fingerprint density at radius 3 is 2.80 bits per heavy atom. The largest absolute Gasteiger partial charge is 0.497 e. The Bertz CT molecular complexity index is 639. The van der Waals surface area contributed by atoms with Crippen LogP contribution in [0.2, 0.25) is 0 Å². The van der Waals surface area contributed by atoms with E-state index in [0.29, 0.717) is 6.04 Å². The molecule has 0 spiro atoms. The van der Waals surface area contributed by atoms with E-state index in [2.05, 4.69) is 30.2 Å². The zero-order chi connectivity index (χ0) is 14.3. The minimum atomic E-state index is 0.107. The van der Waals surface area contributed by atoms with E-state index in [-0.39, 0.29) is 11.5 Å². The average molecular weight is 271 g/mol. The molecule has 0 aliphatic heterocycles. The third-order valence-electron chi connectivity index (χ3n) is 4.63. The van der Waals surface area contributed by atoms with Gasteiger partial charge in [0.1, 0.15) is 11.6 Å². The van der Waals surface area contributed by atoms with E-state index in [1.54, 1.807) is 7.11 Å². The van der Waals surface area contributed by atoms with Crippen LogP contribution in [0.25, 0.3) is 10.8 Å². The first kappa shape index (κ1) is 13.2. The predicted octanol–water partition coefficient (Wildman–Crippen LogP) is 2.78. The maximum atomic E-state index is 6.07. The summed E-state index contributed by atoms with van der Waals surface area (Å²) in [6.45, 7) is 4.40. The lowest BCUT2D eigenvalue weighted by Gasteiger charge is -2.50. The first-order valence-electron chi connectivity index (χ1n) is 6.97. The summed E-state index contributed by atoms with van der Waals surface area (Å²) in [7, 11) is 1.68. The second-order valence-corrected chi connectivity index (χ2v) is 6.11. The number of nitrogens with two attached hydrogens (primary N) is 1. The van der Waals surface area contributed by atoms with Gasteiger partial charge in [-0.05, 0) is 36.1 Å². The number of nitrogens with zero attached hydrogens (tertiary/aromatic N) is 1. The van der Waals surface area contributed by atoms with Crippen LogP contribution in [0.1, 0.15) is 20.3 Å². The molecule has 1 saturated carbocycles. The zero-order valence-corrected chi connectivity index (χ0v) is 12.2. The average Bonchev–Trinajstić information content (AvgIpc) is 2.46. The van der Waals surface area contributed by atoms with Gasteiger partial charge in [-0.15, -0.1) is 0 Å². The Morgan fingerprint density at radius 2 is 2.15 bits per heavy atom. The SMILES string of the molecule is COc1ccc2c(NC3CC(N)C3(C)C)nccc2c1. The first-order chi connectivity index (χ1) is 9.52. The zero-order valence-electron chi connectivity index (χ0n) is 12.2. The minimum absolute atomic E-state index is 0.107. The number of rotatable bonds is 3. The fourth-order valence-corrected chi connectivity index (χ4v) is 2.77. The molecule has 4 heteroatoms. The Labute approximate surface area is 119 Å². The highest BCUT2D eigenvalue weighted by atomic mass is 16.5. The summed E-state index contributed by atoms with van der Waals surface area (Å²) in [6.07, 6.45) is 2.82. The molecule has 3 rings (SSSR count). The van der Waals surface area contributed by atoms with E-state index >= 15 is 0 Å². The van der Waals surface area contributed by atoms with Crippen molar-refractivity contribution in [1.82, 2.24) is 4.98 Å². The van der Waals surface area contributed by atoms with Crippen LogP contribution in [-0.4, -0.2) is 24.2 Å². The Morgan fingerprint density at radius 1 is 1.35 bits per heavy atom. The molecule has 1 aromatic carbocycles. The predicted molar refractivity (Wildman–Crippen MR) is 82.1 cm³/mol. The Balaban J connectivity index is 1.92. The highest BCUT2D eigenvalue weighted by Gasteiger charge is 2.46. The van der Waals surface area contributed by atoms with Crippen molar-refractivity contribution in [2.24, 2.45) is 11.1 Å². The van der Waals surface area contributed by atoms with Gasteiger partial charge >= 0.3 is 0 Å². The van der Waals surface area contributed by atoms with E-state index in [9.17, 15) is 0 Å². The van der Waals surface area contributed by atoms with Crippen molar-refractivity contribution in [1.29, 1.82) is 0 Å². The van der Waals surface area contributed by atoms with Crippen molar-refractivity contribution in [3.8, 4) is 5.75 Å². The molecule has 0 saturated heterocycles. The summed E-state index contributed by atoms with van der Waals surface area (Å²) in [5.41, 5.74) is 6.18. The number of ether oxygens (including phenoxy) is 1. The lowest BCUT2D eigenvalue weighted by atomic mass is 9.63. The van der Waals surface area contributed by atoms with Gasteiger partial charge in [0, 0.05) is 29.1 Å². The molecule has 2 atom stereocenters. The van der Waals surface area contributed by atoms with Gasteiger partial charge in [0.2, 0.25) is 0 Å². The number of pyridine rings is 1. The number of hydrogen-bond donors (Lipinski definition) is 2. The summed E-state index contributed by atoms with van der Waals surface area (Å²) in [5, 5.41) is 5.79. The minimum Gasteiger partial charge on any atom is -0.497 e. The van der Waals surface area contributed by atoms with Crippen molar-refractivity contribution in [3.05, 3.63) is 30.5 Å². The fourth-order valence-electron chi connectivity index (χ4n) is 2.77. The van der Waals surface area contributed by atoms with Crippen LogP contribution in [0.15, 0.2) is 30.5 Å². The normalized spacial score (nSPS) is 24.2. The fraction of sp³-hybridized carbons (Fsp3) is 0.438. The monoisotopic (exact) mass is 271 g/mol. The molecule has 1 heterocycles.